The second-order valence-electron chi connectivity index (χ2n) is 2.66. The number of ether oxygens (including phenoxy) is 1. The second-order valence-corrected chi connectivity index (χ2v) is 2.66. The van der Waals surface area contributed by atoms with Crippen molar-refractivity contribution in [1.82, 2.24) is 0 Å². The first-order chi connectivity index (χ1) is 5.57. The lowest BCUT2D eigenvalue weighted by Gasteiger charge is -2.18. The maximum Gasteiger partial charge on any atom is 0.119 e. The van der Waals surface area contributed by atoms with Crippen LogP contribution >= 0.6 is 0 Å². The molecular weight excluding hydrogens is 149 g/mol. The van der Waals surface area contributed by atoms with Crippen LogP contribution in [0.25, 0.3) is 0 Å². The van der Waals surface area contributed by atoms with Crippen molar-refractivity contribution in [3.05, 3.63) is 35.0 Å². The predicted octanol–water partition coefficient (Wildman–Crippen LogP) is 1.55. The molecule has 0 saturated carbocycles. The molecule has 1 aliphatic rings. The Bertz CT molecular complexity index is 312. The van der Waals surface area contributed by atoms with Gasteiger partial charge in [0.25, 0.3) is 0 Å². The van der Waals surface area contributed by atoms with Crippen LogP contribution in [0.2, 0.25) is 0 Å². The van der Waals surface area contributed by atoms with Gasteiger partial charge >= 0.3 is 0 Å². The molecule has 1 rings (SSSR count). The zero-order chi connectivity index (χ0) is 9.30. The van der Waals surface area contributed by atoms with Gasteiger partial charge in [-0.1, -0.05) is 18.1 Å². The van der Waals surface area contributed by atoms with Crippen molar-refractivity contribution in [2.45, 2.75) is 6.92 Å². The lowest BCUT2D eigenvalue weighted by Crippen LogP contribution is -2.12. The molecule has 0 aromatic carbocycles. The quantitative estimate of drug-likeness (QED) is 0.578. The Kier molecular flexibility index (Phi) is 2.22. The van der Waals surface area contributed by atoms with Crippen molar-refractivity contribution in [3.8, 4) is 0 Å². The van der Waals surface area contributed by atoms with Crippen LogP contribution in [0.15, 0.2) is 35.0 Å². The summed E-state index contributed by atoms with van der Waals surface area (Å²) in [5.74, 6) is 0.576. The molecule has 0 unspecified atom stereocenters. The number of nitrogens with one attached hydrogen (secondary N) is 1. The van der Waals surface area contributed by atoms with Crippen molar-refractivity contribution >= 4 is 13.6 Å². The van der Waals surface area contributed by atoms with Gasteiger partial charge in [-0.3, -0.25) is 5.41 Å². The molecule has 0 aromatic heterocycles. The van der Waals surface area contributed by atoms with Crippen LogP contribution in [-0.4, -0.2) is 20.7 Å². The van der Waals surface area contributed by atoms with Crippen LogP contribution in [0.4, 0.5) is 0 Å². The Hall–Kier alpha value is -1.25. The third-order valence-electron chi connectivity index (χ3n) is 1.83. The molecule has 0 bridgehead atoms. The highest BCUT2D eigenvalue weighted by Gasteiger charge is 2.16. The summed E-state index contributed by atoms with van der Waals surface area (Å²) in [5.41, 5.74) is 2.30. The minimum Gasteiger partial charge on any atom is -0.497 e. The molecular formula is C9H10BNO. The third-order valence-corrected chi connectivity index (χ3v) is 1.83. The number of methoxy groups -OCH3 is 1. The van der Waals surface area contributed by atoms with Crippen molar-refractivity contribution in [3.63, 3.8) is 0 Å². The van der Waals surface area contributed by atoms with E-state index in [1.54, 1.807) is 20.1 Å². The largest absolute Gasteiger partial charge is 0.497 e. The highest BCUT2D eigenvalue weighted by molar-refractivity contribution is 6.28. The SMILES string of the molecule is [B]C1=CC(=C)C(=N)C(C)=C1OC. The fraction of sp³-hybridized carbons (Fsp3) is 0.222. The van der Waals surface area contributed by atoms with Gasteiger partial charge in [0.1, 0.15) is 13.6 Å². The topological polar surface area (TPSA) is 33.1 Å². The van der Waals surface area contributed by atoms with Crippen LogP contribution in [0.5, 0.6) is 0 Å². The van der Waals surface area contributed by atoms with Crippen molar-refractivity contribution in [2.75, 3.05) is 7.11 Å². The summed E-state index contributed by atoms with van der Waals surface area (Å²) in [6, 6.07) is 0. The molecule has 0 saturated heterocycles. The molecule has 1 aliphatic carbocycles. The van der Waals surface area contributed by atoms with Gasteiger partial charge < -0.3 is 4.74 Å². The van der Waals surface area contributed by atoms with Gasteiger partial charge in [0.05, 0.1) is 12.8 Å². The predicted molar refractivity (Wildman–Crippen MR) is 50.4 cm³/mol. The summed E-state index contributed by atoms with van der Waals surface area (Å²) in [6.45, 7) is 5.49. The normalized spacial score (nSPS) is 18.0. The van der Waals surface area contributed by atoms with Gasteiger partial charge in [-0.05, 0) is 12.5 Å². The monoisotopic (exact) mass is 159 g/mol. The van der Waals surface area contributed by atoms with E-state index in [0.29, 0.717) is 22.5 Å². The molecule has 0 fully saturated rings. The van der Waals surface area contributed by atoms with Gasteiger partial charge in [0.15, 0.2) is 0 Å². The molecule has 0 amide bonds. The van der Waals surface area contributed by atoms with E-state index in [4.69, 9.17) is 18.0 Å². The Morgan fingerprint density at radius 1 is 1.58 bits per heavy atom. The summed E-state index contributed by atoms with van der Waals surface area (Å²) in [5, 5.41) is 7.59. The first-order valence-electron chi connectivity index (χ1n) is 3.58. The molecule has 0 atom stereocenters. The molecule has 0 aliphatic heterocycles. The number of hydrogen-bond acceptors (Lipinski definition) is 2. The average molecular weight is 159 g/mol. The molecule has 0 heterocycles. The van der Waals surface area contributed by atoms with Crippen LogP contribution in [0, 0.1) is 5.41 Å². The zero-order valence-corrected chi connectivity index (χ0v) is 7.27. The van der Waals surface area contributed by atoms with E-state index < -0.39 is 0 Å². The summed E-state index contributed by atoms with van der Waals surface area (Å²) < 4.78 is 5.04. The molecule has 60 valence electrons. The van der Waals surface area contributed by atoms with E-state index in [0.717, 1.165) is 5.57 Å². The molecule has 0 spiro atoms. The van der Waals surface area contributed by atoms with Crippen LogP contribution in [-0.2, 0) is 4.74 Å². The first-order valence-corrected chi connectivity index (χ1v) is 3.58. The standard InChI is InChI=1S/C9H10BNO/c1-5-4-7(10)9(12-3)6(2)8(5)11/h4,11H,1H2,2-3H3. The van der Waals surface area contributed by atoms with E-state index in [2.05, 4.69) is 6.58 Å². The fourth-order valence-electron chi connectivity index (χ4n) is 1.17. The smallest absolute Gasteiger partial charge is 0.119 e. The van der Waals surface area contributed by atoms with Crippen LogP contribution < -0.4 is 0 Å². The average Bonchev–Trinajstić information content (AvgIpc) is 2.01. The number of rotatable bonds is 1. The Morgan fingerprint density at radius 2 is 2.17 bits per heavy atom. The lowest BCUT2D eigenvalue weighted by molar-refractivity contribution is 0.301. The van der Waals surface area contributed by atoms with Crippen molar-refractivity contribution < 1.29 is 4.74 Å². The van der Waals surface area contributed by atoms with Crippen molar-refractivity contribution in [1.29, 1.82) is 5.41 Å². The number of allylic oxidation sites excluding steroid dienone is 4. The molecule has 1 N–H and O–H groups in total. The highest BCUT2D eigenvalue weighted by Crippen LogP contribution is 2.23. The van der Waals surface area contributed by atoms with E-state index in [1.807, 2.05) is 0 Å². The van der Waals surface area contributed by atoms with E-state index in [-0.39, 0.29) is 0 Å². The van der Waals surface area contributed by atoms with Crippen LogP contribution in [0.1, 0.15) is 6.92 Å². The third kappa shape index (κ3) is 1.22. The Balaban J connectivity index is 3.20. The Labute approximate surface area is 73.5 Å². The van der Waals surface area contributed by atoms with Gasteiger partial charge in [-0.2, -0.15) is 0 Å². The lowest BCUT2D eigenvalue weighted by atomic mass is 9.83. The van der Waals surface area contributed by atoms with E-state index in [9.17, 15) is 0 Å². The minimum absolute atomic E-state index is 0.390. The molecule has 3 heteroatoms. The van der Waals surface area contributed by atoms with Gasteiger partial charge in [-0.15, -0.1) is 0 Å². The highest BCUT2D eigenvalue weighted by atomic mass is 16.5. The summed E-state index contributed by atoms with van der Waals surface area (Å²) in [4.78, 5) is 0. The number of hydrogen-bond donors (Lipinski definition) is 1. The fourth-order valence-corrected chi connectivity index (χ4v) is 1.17. The summed E-state index contributed by atoms with van der Waals surface area (Å²) >= 11 is 0. The van der Waals surface area contributed by atoms with Gasteiger partial charge in [0, 0.05) is 5.57 Å². The second kappa shape index (κ2) is 3.01. The first kappa shape index (κ1) is 8.85. The van der Waals surface area contributed by atoms with Crippen LogP contribution in [0.3, 0.4) is 0 Å². The summed E-state index contributed by atoms with van der Waals surface area (Å²) in [6.07, 6.45) is 1.65. The molecule has 0 aromatic rings. The molecule has 12 heavy (non-hydrogen) atoms. The van der Waals surface area contributed by atoms with E-state index in [1.165, 1.54) is 0 Å². The van der Waals surface area contributed by atoms with Gasteiger partial charge in [0.2, 0.25) is 0 Å². The van der Waals surface area contributed by atoms with Gasteiger partial charge in [-0.25, -0.2) is 0 Å². The Morgan fingerprint density at radius 3 is 2.67 bits per heavy atom. The maximum atomic E-state index is 7.59. The minimum atomic E-state index is 0.390. The summed E-state index contributed by atoms with van der Waals surface area (Å²) in [7, 11) is 7.20. The van der Waals surface area contributed by atoms with E-state index >= 15 is 0 Å². The maximum absolute atomic E-state index is 7.59. The molecule has 2 nitrogen and oxygen atoms in total. The van der Waals surface area contributed by atoms with Crippen molar-refractivity contribution in [2.24, 2.45) is 0 Å². The molecule has 2 radical (unpaired) electrons. The zero-order valence-electron chi connectivity index (χ0n) is 7.27.